The van der Waals surface area contributed by atoms with Gasteiger partial charge in [-0.1, -0.05) is 0 Å². The second-order valence-electron chi connectivity index (χ2n) is 4.72. The molecule has 5 heteroatoms. The summed E-state index contributed by atoms with van der Waals surface area (Å²) in [6.07, 6.45) is 2.55. The van der Waals surface area contributed by atoms with E-state index in [2.05, 4.69) is 0 Å². The third-order valence-corrected chi connectivity index (χ3v) is 2.79. The molecule has 1 fully saturated rings. The zero-order chi connectivity index (χ0) is 13.2. The Kier molecular flexibility index (Phi) is 8.54. The molecule has 0 bridgehead atoms. The lowest BCUT2D eigenvalue weighted by Crippen LogP contribution is -2.25. The Balaban J connectivity index is 1.94. The molecule has 0 saturated carbocycles. The highest BCUT2D eigenvalue weighted by molar-refractivity contribution is 4.63. The normalized spacial score (nSPS) is 23.2. The first-order valence-corrected chi connectivity index (χ1v) is 6.75. The van der Waals surface area contributed by atoms with Crippen molar-refractivity contribution < 1.29 is 24.1 Å². The van der Waals surface area contributed by atoms with E-state index >= 15 is 0 Å². The molecular weight excluding hydrogens is 236 g/mol. The Labute approximate surface area is 109 Å². The molecule has 18 heavy (non-hydrogen) atoms. The van der Waals surface area contributed by atoms with Crippen LogP contribution in [0.5, 0.6) is 0 Å². The number of aliphatic hydroxyl groups is 1. The van der Waals surface area contributed by atoms with Gasteiger partial charge in [0.2, 0.25) is 0 Å². The maximum absolute atomic E-state index is 8.61. The molecule has 1 aliphatic rings. The number of hydrogen-bond donors (Lipinski definition) is 1. The van der Waals surface area contributed by atoms with Crippen LogP contribution in [0.15, 0.2) is 0 Å². The minimum atomic E-state index is -0.00207. The molecule has 0 radical (unpaired) electrons. The lowest BCUT2D eigenvalue weighted by atomic mass is 10.2. The van der Waals surface area contributed by atoms with Crippen LogP contribution < -0.4 is 0 Å². The minimum Gasteiger partial charge on any atom is -0.394 e. The van der Waals surface area contributed by atoms with Crippen LogP contribution in [0.25, 0.3) is 0 Å². The Morgan fingerprint density at radius 1 is 1.22 bits per heavy atom. The van der Waals surface area contributed by atoms with Crippen LogP contribution in [-0.4, -0.2) is 63.1 Å². The molecule has 1 N–H and O–H groups in total. The second kappa shape index (κ2) is 9.69. The van der Waals surface area contributed by atoms with Crippen LogP contribution in [0, 0.1) is 0 Å². The van der Waals surface area contributed by atoms with Gasteiger partial charge in [-0.2, -0.15) is 0 Å². The molecule has 1 rings (SSSR count). The first kappa shape index (κ1) is 15.9. The van der Waals surface area contributed by atoms with Crippen LogP contribution in [0.3, 0.4) is 0 Å². The molecular formula is C13H26O5. The van der Waals surface area contributed by atoms with Crippen molar-refractivity contribution in [2.45, 2.75) is 45.0 Å². The van der Waals surface area contributed by atoms with Crippen LogP contribution in [-0.2, 0) is 18.9 Å². The molecule has 3 unspecified atom stereocenters. The SMILES string of the molecule is CC(COCC1CCCO1)OCC(C)OCCO. The van der Waals surface area contributed by atoms with E-state index in [1.54, 1.807) is 0 Å². The van der Waals surface area contributed by atoms with Gasteiger partial charge in [-0.05, 0) is 26.7 Å². The Bertz CT molecular complexity index is 194. The first-order valence-electron chi connectivity index (χ1n) is 6.75. The van der Waals surface area contributed by atoms with E-state index in [1.807, 2.05) is 13.8 Å². The van der Waals surface area contributed by atoms with Crippen molar-refractivity contribution in [1.82, 2.24) is 0 Å². The molecule has 108 valence electrons. The molecule has 0 spiro atoms. The van der Waals surface area contributed by atoms with Gasteiger partial charge in [0.15, 0.2) is 0 Å². The number of aliphatic hydroxyl groups excluding tert-OH is 1. The highest BCUT2D eigenvalue weighted by Gasteiger charge is 2.16. The number of hydrogen-bond acceptors (Lipinski definition) is 5. The summed E-state index contributed by atoms with van der Waals surface area (Å²) in [6, 6.07) is 0. The van der Waals surface area contributed by atoms with Crippen molar-refractivity contribution in [3.63, 3.8) is 0 Å². The van der Waals surface area contributed by atoms with Crippen molar-refractivity contribution in [2.24, 2.45) is 0 Å². The largest absolute Gasteiger partial charge is 0.394 e. The van der Waals surface area contributed by atoms with Gasteiger partial charge in [0.05, 0.1) is 51.3 Å². The highest BCUT2D eigenvalue weighted by atomic mass is 16.6. The number of rotatable bonds is 10. The van der Waals surface area contributed by atoms with Crippen molar-refractivity contribution in [3.05, 3.63) is 0 Å². The first-order chi connectivity index (χ1) is 8.72. The molecule has 0 amide bonds. The standard InChI is InChI=1S/C13H26O5/c1-11(18-9-12(2)16-7-5-14)8-15-10-13-4-3-6-17-13/h11-14H,3-10H2,1-2H3. The van der Waals surface area contributed by atoms with E-state index in [1.165, 1.54) is 0 Å². The fourth-order valence-corrected chi connectivity index (χ4v) is 1.79. The predicted octanol–water partition coefficient (Wildman–Crippen LogP) is 0.984. The minimum absolute atomic E-state index is 0.00207. The monoisotopic (exact) mass is 262 g/mol. The zero-order valence-electron chi connectivity index (χ0n) is 11.5. The Morgan fingerprint density at radius 3 is 2.67 bits per heavy atom. The molecule has 1 saturated heterocycles. The van der Waals surface area contributed by atoms with Crippen LogP contribution >= 0.6 is 0 Å². The van der Waals surface area contributed by atoms with Crippen LogP contribution in [0.1, 0.15) is 26.7 Å². The fraction of sp³-hybridized carbons (Fsp3) is 1.00. The van der Waals surface area contributed by atoms with E-state index in [9.17, 15) is 0 Å². The van der Waals surface area contributed by atoms with E-state index < -0.39 is 0 Å². The molecule has 0 aromatic carbocycles. The maximum atomic E-state index is 8.61. The van der Waals surface area contributed by atoms with Crippen molar-refractivity contribution in [2.75, 3.05) is 39.6 Å². The Morgan fingerprint density at radius 2 is 2.00 bits per heavy atom. The molecule has 0 aliphatic carbocycles. The molecule has 5 nitrogen and oxygen atoms in total. The maximum Gasteiger partial charge on any atom is 0.0809 e. The van der Waals surface area contributed by atoms with E-state index in [-0.39, 0.29) is 24.9 Å². The quantitative estimate of drug-likeness (QED) is 0.636. The lowest BCUT2D eigenvalue weighted by Gasteiger charge is -2.18. The summed E-state index contributed by atoms with van der Waals surface area (Å²) >= 11 is 0. The topological polar surface area (TPSA) is 57.2 Å². The summed E-state index contributed by atoms with van der Waals surface area (Å²) in [5.41, 5.74) is 0. The molecule has 0 aromatic rings. The van der Waals surface area contributed by atoms with Gasteiger partial charge in [0.25, 0.3) is 0 Å². The predicted molar refractivity (Wildman–Crippen MR) is 67.7 cm³/mol. The van der Waals surface area contributed by atoms with Gasteiger partial charge >= 0.3 is 0 Å². The summed E-state index contributed by atoms with van der Waals surface area (Å²) in [5, 5.41) is 8.61. The van der Waals surface area contributed by atoms with Crippen molar-refractivity contribution in [1.29, 1.82) is 0 Å². The highest BCUT2D eigenvalue weighted by Crippen LogP contribution is 2.12. The summed E-state index contributed by atoms with van der Waals surface area (Å²) < 4.78 is 21.9. The third kappa shape index (κ3) is 7.28. The smallest absolute Gasteiger partial charge is 0.0809 e. The van der Waals surface area contributed by atoms with Crippen molar-refractivity contribution >= 4 is 0 Å². The number of ether oxygens (including phenoxy) is 4. The Hall–Kier alpha value is -0.200. The van der Waals surface area contributed by atoms with Crippen LogP contribution in [0.2, 0.25) is 0 Å². The molecule has 3 atom stereocenters. The van der Waals surface area contributed by atoms with Crippen molar-refractivity contribution in [3.8, 4) is 0 Å². The van der Waals surface area contributed by atoms with Gasteiger partial charge < -0.3 is 24.1 Å². The summed E-state index contributed by atoms with van der Waals surface area (Å²) in [5.74, 6) is 0. The van der Waals surface area contributed by atoms with E-state index in [4.69, 9.17) is 24.1 Å². The van der Waals surface area contributed by atoms with E-state index in [0.717, 1.165) is 19.4 Å². The zero-order valence-corrected chi connectivity index (χ0v) is 11.5. The second-order valence-corrected chi connectivity index (χ2v) is 4.72. The van der Waals surface area contributed by atoms with Gasteiger partial charge in [-0.25, -0.2) is 0 Å². The van der Waals surface area contributed by atoms with Gasteiger partial charge in [-0.3, -0.25) is 0 Å². The summed E-state index contributed by atoms with van der Waals surface area (Å²) in [6.45, 7) is 6.92. The fourth-order valence-electron chi connectivity index (χ4n) is 1.79. The molecule has 0 aromatic heterocycles. The van der Waals surface area contributed by atoms with Gasteiger partial charge in [-0.15, -0.1) is 0 Å². The summed E-state index contributed by atoms with van der Waals surface area (Å²) in [4.78, 5) is 0. The third-order valence-electron chi connectivity index (χ3n) is 2.79. The van der Waals surface area contributed by atoms with E-state index in [0.29, 0.717) is 26.4 Å². The van der Waals surface area contributed by atoms with Gasteiger partial charge in [0, 0.05) is 6.61 Å². The molecule has 1 aliphatic heterocycles. The lowest BCUT2D eigenvalue weighted by molar-refractivity contribution is -0.0712. The summed E-state index contributed by atoms with van der Waals surface area (Å²) in [7, 11) is 0. The van der Waals surface area contributed by atoms with Crippen LogP contribution in [0.4, 0.5) is 0 Å². The average molecular weight is 262 g/mol. The average Bonchev–Trinajstić information content (AvgIpc) is 2.87. The molecule has 1 heterocycles. The van der Waals surface area contributed by atoms with Gasteiger partial charge in [0.1, 0.15) is 0 Å².